The molecule has 3 aromatic rings. The lowest BCUT2D eigenvalue weighted by molar-refractivity contribution is 0.102. The molecule has 26 heavy (non-hydrogen) atoms. The summed E-state index contributed by atoms with van der Waals surface area (Å²) >= 11 is 0. The Bertz CT molecular complexity index is 892. The molecule has 0 aliphatic rings. The monoisotopic (exact) mass is 346 g/mol. The van der Waals surface area contributed by atoms with Gasteiger partial charge in [0.1, 0.15) is 5.82 Å². The molecule has 1 atom stereocenters. The first-order chi connectivity index (χ1) is 12.5. The van der Waals surface area contributed by atoms with Crippen LogP contribution < -0.4 is 10.6 Å². The van der Waals surface area contributed by atoms with Crippen LogP contribution >= 0.6 is 0 Å². The van der Waals surface area contributed by atoms with Gasteiger partial charge >= 0.3 is 0 Å². The molecule has 0 bridgehead atoms. The summed E-state index contributed by atoms with van der Waals surface area (Å²) in [5.41, 5.74) is 4.40. The average molecular weight is 346 g/mol. The van der Waals surface area contributed by atoms with Crippen molar-refractivity contribution in [2.45, 2.75) is 26.8 Å². The predicted octanol–water partition coefficient (Wildman–Crippen LogP) is 4.52. The third-order valence-corrected chi connectivity index (χ3v) is 4.41. The van der Waals surface area contributed by atoms with E-state index in [1.807, 2.05) is 50.2 Å². The van der Waals surface area contributed by atoms with Gasteiger partial charge in [0.2, 0.25) is 0 Å². The summed E-state index contributed by atoms with van der Waals surface area (Å²) in [5.74, 6) is 0.360. The molecular formula is C21H22N4O. The van der Waals surface area contributed by atoms with Crippen LogP contribution in [-0.4, -0.2) is 16.1 Å². The fourth-order valence-corrected chi connectivity index (χ4v) is 2.65. The van der Waals surface area contributed by atoms with Crippen molar-refractivity contribution in [3.05, 3.63) is 83.0 Å². The van der Waals surface area contributed by atoms with Crippen LogP contribution in [0.4, 0.5) is 11.5 Å². The van der Waals surface area contributed by atoms with Crippen LogP contribution in [0.2, 0.25) is 0 Å². The maximum Gasteiger partial charge on any atom is 0.276 e. The Balaban J connectivity index is 1.67. The Morgan fingerprint density at radius 3 is 2.38 bits per heavy atom. The SMILES string of the molecule is Cc1cccc(NC(=O)c2ccc(NC(C)c3ccccc3)nn2)c1C. The number of amides is 1. The minimum absolute atomic E-state index is 0.0973. The second kappa shape index (κ2) is 7.78. The van der Waals surface area contributed by atoms with Gasteiger partial charge in [0.15, 0.2) is 5.69 Å². The molecule has 2 N–H and O–H groups in total. The smallest absolute Gasteiger partial charge is 0.276 e. The molecule has 0 spiro atoms. The molecule has 0 fully saturated rings. The normalized spacial score (nSPS) is 11.7. The molecular weight excluding hydrogens is 324 g/mol. The number of hydrogen-bond donors (Lipinski definition) is 2. The zero-order valence-corrected chi connectivity index (χ0v) is 15.2. The van der Waals surface area contributed by atoms with E-state index in [1.54, 1.807) is 12.1 Å². The van der Waals surface area contributed by atoms with E-state index in [-0.39, 0.29) is 17.6 Å². The van der Waals surface area contributed by atoms with Crippen LogP contribution in [0.15, 0.2) is 60.7 Å². The van der Waals surface area contributed by atoms with Crippen LogP contribution in [0, 0.1) is 13.8 Å². The van der Waals surface area contributed by atoms with Gasteiger partial charge < -0.3 is 10.6 Å². The molecule has 1 amide bonds. The number of carbonyl (C=O) groups is 1. The summed E-state index contributed by atoms with van der Waals surface area (Å²) in [5, 5.41) is 14.4. The summed E-state index contributed by atoms with van der Waals surface area (Å²) in [6.45, 7) is 6.05. The molecule has 0 saturated heterocycles. The van der Waals surface area contributed by atoms with Gasteiger partial charge in [-0.25, -0.2) is 0 Å². The standard InChI is InChI=1S/C21H22N4O/c1-14-8-7-11-18(15(14)2)23-21(26)19-12-13-20(25-24-19)22-16(3)17-9-5-4-6-10-17/h4-13,16H,1-3H3,(H,22,25)(H,23,26). The van der Waals surface area contributed by atoms with Crippen molar-refractivity contribution >= 4 is 17.4 Å². The first-order valence-electron chi connectivity index (χ1n) is 8.57. The lowest BCUT2D eigenvalue weighted by atomic mass is 10.1. The lowest BCUT2D eigenvalue weighted by Crippen LogP contribution is -2.16. The summed E-state index contributed by atoms with van der Waals surface area (Å²) in [6, 6.07) is 19.4. The number of nitrogens with zero attached hydrogens (tertiary/aromatic N) is 2. The minimum atomic E-state index is -0.270. The first-order valence-corrected chi connectivity index (χ1v) is 8.57. The second-order valence-electron chi connectivity index (χ2n) is 6.28. The van der Waals surface area contributed by atoms with Gasteiger partial charge in [-0.05, 0) is 55.7 Å². The Morgan fingerprint density at radius 1 is 0.923 bits per heavy atom. The molecule has 0 aliphatic heterocycles. The number of benzene rings is 2. The van der Waals surface area contributed by atoms with E-state index in [9.17, 15) is 4.79 Å². The molecule has 0 saturated carbocycles. The van der Waals surface area contributed by atoms with Crippen LogP contribution in [0.25, 0.3) is 0 Å². The number of nitrogens with one attached hydrogen (secondary N) is 2. The van der Waals surface area contributed by atoms with Crippen molar-refractivity contribution in [1.29, 1.82) is 0 Å². The predicted molar refractivity (Wildman–Crippen MR) is 104 cm³/mol. The number of anilines is 2. The maximum absolute atomic E-state index is 12.4. The lowest BCUT2D eigenvalue weighted by Gasteiger charge is -2.14. The summed E-state index contributed by atoms with van der Waals surface area (Å²) < 4.78 is 0. The Morgan fingerprint density at radius 2 is 1.69 bits per heavy atom. The van der Waals surface area contributed by atoms with Crippen LogP contribution in [0.3, 0.4) is 0 Å². The fourth-order valence-electron chi connectivity index (χ4n) is 2.65. The highest BCUT2D eigenvalue weighted by Gasteiger charge is 2.12. The van der Waals surface area contributed by atoms with E-state index in [0.717, 1.165) is 22.4 Å². The van der Waals surface area contributed by atoms with Crippen LogP contribution in [-0.2, 0) is 0 Å². The average Bonchev–Trinajstić information content (AvgIpc) is 2.66. The van der Waals surface area contributed by atoms with Gasteiger partial charge in [0.05, 0.1) is 0 Å². The molecule has 132 valence electrons. The van der Waals surface area contributed by atoms with Crippen molar-refractivity contribution in [3.63, 3.8) is 0 Å². The van der Waals surface area contributed by atoms with Gasteiger partial charge in [-0.3, -0.25) is 4.79 Å². The Labute approximate surface area is 153 Å². The maximum atomic E-state index is 12.4. The van der Waals surface area contributed by atoms with E-state index in [2.05, 4.69) is 39.9 Å². The quantitative estimate of drug-likeness (QED) is 0.713. The van der Waals surface area contributed by atoms with Crippen molar-refractivity contribution in [2.24, 2.45) is 0 Å². The topological polar surface area (TPSA) is 66.9 Å². The fraction of sp³-hybridized carbons (Fsp3) is 0.190. The highest BCUT2D eigenvalue weighted by Crippen LogP contribution is 2.19. The molecule has 3 rings (SSSR count). The van der Waals surface area contributed by atoms with Gasteiger partial charge in [0.25, 0.3) is 5.91 Å². The minimum Gasteiger partial charge on any atom is -0.362 e. The third kappa shape index (κ3) is 4.06. The highest BCUT2D eigenvalue weighted by molar-refractivity contribution is 6.03. The molecule has 0 aliphatic carbocycles. The zero-order chi connectivity index (χ0) is 18.5. The molecule has 5 nitrogen and oxygen atoms in total. The van der Waals surface area contributed by atoms with E-state index in [0.29, 0.717) is 5.82 Å². The molecule has 1 aromatic heterocycles. The number of hydrogen-bond acceptors (Lipinski definition) is 4. The number of carbonyl (C=O) groups excluding carboxylic acids is 1. The van der Waals surface area contributed by atoms with E-state index in [1.165, 1.54) is 0 Å². The van der Waals surface area contributed by atoms with E-state index < -0.39 is 0 Å². The van der Waals surface area contributed by atoms with E-state index >= 15 is 0 Å². The molecule has 1 heterocycles. The largest absolute Gasteiger partial charge is 0.362 e. The van der Waals surface area contributed by atoms with Crippen molar-refractivity contribution in [3.8, 4) is 0 Å². The first kappa shape index (κ1) is 17.6. The van der Waals surface area contributed by atoms with Crippen molar-refractivity contribution in [2.75, 3.05) is 10.6 Å². The number of aromatic nitrogens is 2. The van der Waals surface area contributed by atoms with E-state index in [4.69, 9.17) is 0 Å². The van der Waals surface area contributed by atoms with Crippen LogP contribution in [0.1, 0.15) is 40.1 Å². The van der Waals surface area contributed by atoms with Crippen molar-refractivity contribution in [1.82, 2.24) is 10.2 Å². The number of rotatable bonds is 5. The number of aryl methyl sites for hydroxylation is 1. The third-order valence-electron chi connectivity index (χ3n) is 4.41. The van der Waals surface area contributed by atoms with Gasteiger partial charge in [-0.15, -0.1) is 10.2 Å². The van der Waals surface area contributed by atoms with Gasteiger partial charge in [0, 0.05) is 11.7 Å². The Hall–Kier alpha value is -3.21. The van der Waals surface area contributed by atoms with Gasteiger partial charge in [-0.1, -0.05) is 42.5 Å². The molecule has 1 unspecified atom stereocenters. The molecule has 0 radical (unpaired) electrons. The molecule has 5 heteroatoms. The summed E-state index contributed by atoms with van der Waals surface area (Å²) in [4.78, 5) is 12.4. The van der Waals surface area contributed by atoms with Crippen molar-refractivity contribution < 1.29 is 4.79 Å². The van der Waals surface area contributed by atoms with Crippen LogP contribution in [0.5, 0.6) is 0 Å². The highest BCUT2D eigenvalue weighted by atomic mass is 16.1. The van der Waals surface area contributed by atoms with Gasteiger partial charge in [-0.2, -0.15) is 0 Å². The Kier molecular flexibility index (Phi) is 5.27. The zero-order valence-electron chi connectivity index (χ0n) is 15.2. The summed E-state index contributed by atoms with van der Waals surface area (Å²) in [7, 11) is 0. The molecule has 2 aromatic carbocycles. The summed E-state index contributed by atoms with van der Waals surface area (Å²) in [6.07, 6.45) is 0. The second-order valence-corrected chi connectivity index (χ2v) is 6.28.